The van der Waals surface area contributed by atoms with Crippen LogP contribution in [0.15, 0.2) is 48.5 Å². The molecular formula is C21H22F2N2O4. The van der Waals surface area contributed by atoms with Gasteiger partial charge in [-0.25, -0.2) is 13.6 Å². The number of hydrogen-bond donors (Lipinski definition) is 2. The van der Waals surface area contributed by atoms with Gasteiger partial charge in [-0.3, -0.25) is 9.59 Å². The number of hydrogen-bond acceptors (Lipinski definition) is 4. The molecule has 0 saturated carbocycles. The van der Waals surface area contributed by atoms with Crippen LogP contribution < -0.4 is 10.6 Å². The lowest BCUT2D eigenvalue weighted by molar-refractivity contribution is -0.151. The molecule has 1 atom stereocenters. The predicted molar refractivity (Wildman–Crippen MR) is 102 cm³/mol. The van der Waals surface area contributed by atoms with Crippen LogP contribution in [0.5, 0.6) is 0 Å². The first-order valence-corrected chi connectivity index (χ1v) is 9.01. The molecule has 6 nitrogen and oxygen atoms in total. The number of benzene rings is 2. The minimum Gasteiger partial charge on any atom is -0.454 e. The molecule has 154 valence electrons. The first kappa shape index (κ1) is 22.0. The minimum atomic E-state index is -1.05. The average Bonchev–Trinajstić information content (AvgIpc) is 2.69. The van der Waals surface area contributed by atoms with Gasteiger partial charge in [0.15, 0.2) is 6.61 Å². The number of nitrogens with one attached hydrogen (secondary N) is 2. The highest BCUT2D eigenvalue weighted by Gasteiger charge is 2.27. The van der Waals surface area contributed by atoms with E-state index in [1.54, 1.807) is 13.8 Å². The maximum absolute atomic E-state index is 13.7. The van der Waals surface area contributed by atoms with Crippen molar-refractivity contribution >= 4 is 17.8 Å². The van der Waals surface area contributed by atoms with Crippen LogP contribution in [0.1, 0.15) is 29.8 Å². The SMILES string of the molecule is CC(C)[C@H](NC(=O)c1ccccc1F)C(=O)OCC(=O)NCc1ccc(F)cc1. The first-order valence-electron chi connectivity index (χ1n) is 9.01. The normalized spacial score (nSPS) is 11.6. The third kappa shape index (κ3) is 6.67. The van der Waals surface area contributed by atoms with Crippen LogP contribution in [0.3, 0.4) is 0 Å². The number of esters is 1. The zero-order chi connectivity index (χ0) is 21.4. The van der Waals surface area contributed by atoms with E-state index in [0.29, 0.717) is 5.56 Å². The molecule has 29 heavy (non-hydrogen) atoms. The van der Waals surface area contributed by atoms with Crippen molar-refractivity contribution in [1.29, 1.82) is 0 Å². The summed E-state index contributed by atoms with van der Waals surface area (Å²) in [5.74, 6) is -3.54. The Labute approximate surface area is 167 Å². The number of ether oxygens (including phenoxy) is 1. The Bertz CT molecular complexity index is 869. The van der Waals surface area contributed by atoms with Gasteiger partial charge in [0.2, 0.25) is 0 Å². The number of carbonyl (C=O) groups excluding carboxylic acids is 3. The lowest BCUT2D eigenvalue weighted by Crippen LogP contribution is -2.46. The van der Waals surface area contributed by atoms with Gasteiger partial charge in [-0.1, -0.05) is 38.1 Å². The zero-order valence-corrected chi connectivity index (χ0v) is 16.1. The standard InChI is InChI=1S/C21H22F2N2O4/c1-13(2)19(25-20(27)16-5-3-4-6-17(16)23)21(28)29-12-18(26)24-11-14-7-9-15(22)10-8-14/h3-10,13,19H,11-12H2,1-2H3,(H,24,26)(H,25,27)/t19-/m0/s1. The molecule has 0 radical (unpaired) electrons. The van der Waals surface area contributed by atoms with E-state index in [4.69, 9.17) is 4.74 Å². The van der Waals surface area contributed by atoms with E-state index in [-0.39, 0.29) is 23.8 Å². The summed E-state index contributed by atoms with van der Waals surface area (Å²) >= 11 is 0. The van der Waals surface area contributed by atoms with Crippen molar-refractivity contribution in [3.63, 3.8) is 0 Å². The van der Waals surface area contributed by atoms with Gasteiger partial charge in [0, 0.05) is 6.54 Å². The van der Waals surface area contributed by atoms with Crippen molar-refractivity contribution in [1.82, 2.24) is 10.6 Å². The molecule has 0 aliphatic rings. The molecule has 0 fully saturated rings. The van der Waals surface area contributed by atoms with Crippen LogP contribution in [-0.2, 0) is 20.9 Å². The Morgan fingerprint density at radius 1 is 1.00 bits per heavy atom. The summed E-state index contributed by atoms with van der Waals surface area (Å²) in [6.45, 7) is 2.97. The molecule has 0 heterocycles. The van der Waals surface area contributed by atoms with Gasteiger partial charge in [0.25, 0.3) is 11.8 Å². The molecule has 0 spiro atoms. The quantitative estimate of drug-likeness (QED) is 0.663. The lowest BCUT2D eigenvalue weighted by Gasteiger charge is -2.21. The van der Waals surface area contributed by atoms with Crippen LogP contribution >= 0.6 is 0 Å². The first-order chi connectivity index (χ1) is 13.8. The van der Waals surface area contributed by atoms with Crippen LogP contribution in [0.2, 0.25) is 0 Å². The van der Waals surface area contributed by atoms with Gasteiger partial charge in [0.1, 0.15) is 17.7 Å². The summed E-state index contributed by atoms with van der Waals surface area (Å²) in [4.78, 5) is 36.4. The molecule has 2 rings (SSSR count). The average molecular weight is 404 g/mol. The summed E-state index contributed by atoms with van der Waals surface area (Å²) in [6, 6.07) is 9.94. The van der Waals surface area contributed by atoms with Crippen molar-refractivity contribution in [2.24, 2.45) is 5.92 Å². The maximum Gasteiger partial charge on any atom is 0.329 e. The number of amides is 2. The van der Waals surface area contributed by atoms with E-state index in [0.717, 1.165) is 6.07 Å². The van der Waals surface area contributed by atoms with Gasteiger partial charge in [0.05, 0.1) is 5.56 Å². The second kappa shape index (κ2) is 10.3. The third-order valence-corrected chi connectivity index (χ3v) is 4.07. The van der Waals surface area contributed by atoms with Crippen LogP contribution in [0.25, 0.3) is 0 Å². The van der Waals surface area contributed by atoms with Gasteiger partial charge >= 0.3 is 5.97 Å². The number of rotatable bonds is 8. The Morgan fingerprint density at radius 2 is 1.66 bits per heavy atom. The molecule has 2 aromatic carbocycles. The molecular weight excluding hydrogens is 382 g/mol. The van der Waals surface area contributed by atoms with Crippen molar-refractivity contribution in [3.8, 4) is 0 Å². The number of carbonyl (C=O) groups is 3. The summed E-state index contributed by atoms with van der Waals surface area (Å²) < 4.78 is 31.6. The molecule has 0 unspecified atom stereocenters. The van der Waals surface area contributed by atoms with Gasteiger partial charge in [-0.2, -0.15) is 0 Å². The van der Waals surface area contributed by atoms with Crippen LogP contribution in [-0.4, -0.2) is 30.4 Å². The largest absolute Gasteiger partial charge is 0.454 e. The minimum absolute atomic E-state index is 0.147. The van der Waals surface area contributed by atoms with Gasteiger partial charge in [-0.05, 0) is 35.7 Å². The van der Waals surface area contributed by atoms with Crippen LogP contribution in [0, 0.1) is 17.6 Å². The van der Waals surface area contributed by atoms with Crippen molar-refractivity contribution in [2.45, 2.75) is 26.4 Å². The Hall–Kier alpha value is -3.29. The second-order valence-electron chi connectivity index (χ2n) is 6.69. The monoisotopic (exact) mass is 404 g/mol. The molecule has 0 saturated heterocycles. The van der Waals surface area contributed by atoms with E-state index in [1.165, 1.54) is 42.5 Å². The van der Waals surface area contributed by atoms with Crippen molar-refractivity contribution < 1.29 is 27.9 Å². The molecule has 8 heteroatoms. The number of halogens is 2. The fraction of sp³-hybridized carbons (Fsp3) is 0.286. The molecule has 2 N–H and O–H groups in total. The van der Waals surface area contributed by atoms with Gasteiger partial charge in [-0.15, -0.1) is 0 Å². The van der Waals surface area contributed by atoms with E-state index < -0.39 is 36.2 Å². The summed E-state index contributed by atoms with van der Waals surface area (Å²) in [5, 5.41) is 4.98. The second-order valence-corrected chi connectivity index (χ2v) is 6.69. The van der Waals surface area contributed by atoms with E-state index >= 15 is 0 Å². The summed E-state index contributed by atoms with van der Waals surface area (Å²) in [7, 11) is 0. The Morgan fingerprint density at radius 3 is 2.28 bits per heavy atom. The lowest BCUT2D eigenvalue weighted by atomic mass is 10.0. The smallest absolute Gasteiger partial charge is 0.329 e. The molecule has 2 aromatic rings. The summed E-state index contributed by atoms with van der Waals surface area (Å²) in [5.41, 5.74) is 0.492. The van der Waals surface area contributed by atoms with E-state index in [9.17, 15) is 23.2 Å². The maximum atomic E-state index is 13.7. The topological polar surface area (TPSA) is 84.5 Å². The van der Waals surface area contributed by atoms with Gasteiger partial charge < -0.3 is 15.4 Å². The molecule has 0 aliphatic carbocycles. The molecule has 0 aromatic heterocycles. The van der Waals surface area contributed by atoms with Crippen molar-refractivity contribution in [3.05, 3.63) is 71.3 Å². The fourth-order valence-corrected chi connectivity index (χ4v) is 2.44. The van der Waals surface area contributed by atoms with E-state index in [1.807, 2.05) is 0 Å². The molecule has 0 aliphatic heterocycles. The van der Waals surface area contributed by atoms with E-state index in [2.05, 4.69) is 10.6 Å². The highest BCUT2D eigenvalue weighted by molar-refractivity contribution is 5.97. The Balaban J connectivity index is 1.87. The Kier molecular flexibility index (Phi) is 7.82. The zero-order valence-electron chi connectivity index (χ0n) is 16.1. The highest BCUT2D eigenvalue weighted by Crippen LogP contribution is 2.10. The summed E-state index contributed by atoms with van der Waals surface area (Å²) in [6.07, 6.45) is 0. The highest BCUT2D eigenvalue weighted by atomic mass is 19.1. The predicted octanol–water partition coefficient (Wildman–Crippen LogP) is 2.58. The molecule has 2 amide bonds. The van der Waals surface area contributed by atoms with Crippen LogP contribution in [0.4, 0.5) is 8.78 Å². The third-order valence-electron chi connectivity index (χ3n) is 4.07. The molecule has 0 bridgehead atoms. The van der Waals surface area contributed by atoms with Crippen molar-refractivity contribution in [2.75, 3.05) is 6.61 Å². The fourth-order valence-electron chi connectivity index (χ4n) is 2.44.